The molecule has 1 unspecified atom stereocenters. The molecule has 8 nitrogen and oxygen atoms in total. The van der Waals surface area contributed by atoms with Gasteiger partial charge in [-0.15, -0.1) is 0 Å². The van der Waals surface area contributed by atoms with Crippen LogP contribution in [0.3, 0.4) is 0 Å². The maximum Gasteiger partial charge on any atom is 0.256 e. The van der Waals surface area contributed by atoms with Crippen LogP contribution in [0.15, 0.2) is 30.5 Å². The summed E-state index contributed by atoms with van der Waals surface area (Å²) in [5.41, 5.74) is 1.11. The number of hydrogen-bond donors (Lipinski definition) is 3. The van der Waals surface area contributed by atoms with Gasteiger partial charge in [-0.2, -0.15) is 4.98 Å². The van der Waals surface area contributed by atoms with Gasteiger partial charge in [0.25, 0.3) is 5.91 Å². The predicted molar refractivity (Wildman–Crippen MR) is 101 cm³/mol. The van der Waals surface area contributed by atoms with Crippen LogP contribution in [0.5, 0.6) is 5.75 Å². The quantitative estimate of drug-likeness (QED) is 0.746. The van der Waals surface area contributed by atoms with Crippen LogP contribution in [0.2, 0.25) is 0 Å². The molecule has 0 saturated carbocycles. The number of ether oxygens (including phenoxy) is 1. The lowest BCUT2D eigenvalue weighted by molar-refractivity contribution is 0.0963. The molecular formula is C18H24N6O2. The van der Waals surface area contributed by atoms with Crippen LogP contribution in [0.1, 0.15) is 17.3 Å². The van der Waals surface area contributed by atoms with Gasteiger partial charge in [0.05, 0.1) is 12.8 Å². The highest BCUT2D eigenvalue weighted by atomic mass is 16.5. The molecule has 3 rings (SSSR count). The van der Waals surface area contributed by atoms with Crippen molar-refractivity contribution in [3.05, 3.63) is 36.0 Å². The molecule has 1 aromatic carbocycles. The van der Waals surface area contributed by atoms with E-state index in [1.807, 2.05) is 24.3 Å². The summed E-state index contributed by atoms with van der Waals surface area (Å²) in [6.07, 6.45) is 1.56. The van der Waals surface area contributed by atoms with E-state index in [0.29, 0.717) is 23.1 Å². The molecule has 26 heavy (non-hydrogen) atoms. The molecule has 2 heterocycles. The van der Waals surface area contributed by atoms with Crippen molar-refractivity contribution >= 4 is 23.4 Å². The second-order valence-corrected chi connectivity index (χ2v) is 6.08. The van der Waals surface area contributed by atoms with E-state index in [1.54, 1.807) is 20.4 Å². The van der Waals surface area contributed by atoms with Gasteiger partial charge in [-0.1, -0.05) is 12.1 Å². The van der Waals surface area contributed by atoms with Gasteiger partial charge >= 0.3 is 0 Å². The van der Waals surface area contributed by atoms with E-state index >= 15 is 0 Å². The van der Waals surface area contributed by atoms with Crippen molar-refractivity contribution in [2.45, 2.75) is 13.0 Å². The maximum absolute atomic E-state index is 12.2. The van der Waals surface area contributed by atoms with Gasteiger partial charge in [0.15, 0.2) is 0 Å². The number of para-hydroxylation sites is 2. The molecule has 3 N–H and O–H groups in total. The molecule has 1 aliphatic heterocycles. The fraction of sp³-hybridized carbons (Fsp3) is 0.389. The van der Waals surface area contributed by atoms with E-state index < -0.39 is 0 Å². The van der Waals surface area contributed by atoms with Gasteiger partial charge in [-0.25, -0.2) is 4.98 Å². The fourth-order valence-corrected chi connectivity index (χ4v) is 2.92. The first-order valence-electron chi connectivity index (χ1n) is 8.60. The Hall–Kier alpha value is -2.87. The molecule has 0 spiro atoms. The van der Waals surface area contributed by atoms with Gasteiger partial charge in [0.1, 0.15) is 17.1 Å². The van der Waals surface area contributed by atoms with Gasteiger partial charge in [-0.05, 0) is 19.1 Å². The van der Waals surface area contributed by atoms with Crippen LogP contribution >= 0.6 is 0 Å². The van der Waals surface area contributed by atoms with Crippen molar-refractivity contribution in [2.24, 2.45) is 0 Å². The van der Waals surface area contributed by atoms with Crippen molar-refractivity contribution in [3.63, 3.8) is 0 Å². The van der Waals surface area contributed by atoms with E-state index in [-0.39, 0.29) is 11.9 Å². The first kappa shape index (κ1) is 17.9. The Labute approximate surface area is 153 Å². The standard InChI is InChI=1S/C18H24N6O2/c1-12-10-20-8-9-24(12)18-21-11-13(17(25)19-2)16(23-18)22-14-6-4-5-7-15(14)26-3/h4-7,11-12,20H,8-10H2,1-3H3,(H,19,25)(H,21,22,23). The summed E-state index contributed by atoms with van der Waals surface area (Å²) in [6.45, 7) is 4.68. The lowest BCUT2D eigenvalue weighted by Crippen LogP contribution is -2.50. The van der Waals surface area contributed by atoms with Crippen molar-refractivity contribution in [1.82, 2.24) is 20.6 Å². The van der Waals surface area contributed by atoms with E-state index in [9.17, 15) is 4.79 Å². The third kappa shape index (κ3) is 3.70. The van der Waals surface area contributed by atoms with Gasteiger partial charge in [0, 0.05) is 38.9 Å². The minimum absolute atomic E-state index is 0.248. The second kappa shape index (κ2) is 8.01. The van der Waals surface area contributed by atoms with Crippen molar-refractivity contribution < 1.29 is 9.53 Å². The first-order chi connectivity index (χ1) is 12.6. The molecular weight excluding hydrogens is 332 g/mol. The highest BCUT2D eigenvalue weighted by Gasteiger charge is 2.23. The molecule has 1 atom stereocenters. The van der Waals surface area contributed by atoms with Crippen molar-refractivity contribution in [1.29, 1.82) is 0 Å². The van der Waals surface area contributed by atoms with E-state index in [4.69, 9.17) is 4.74 Å². The summed E-state index contributed by atoms with van der Waals surface area (Å²) in [7, 11) is 3.19. The zero-order chi connectivity index (χ0) is 18.5. The van der Waals surface area contributed by atoms with Crippen LogP contribution in [0, 0.1) is 0 Å². The Morgan fingerprint density at radius 1 is 1.38 bits per heavy atom. The lowest BCUT2D eigenvalue weighted by atomic mass is 10.2. The number of amides is 1. The SMILES string of the molecule is CNC(=O)c1cnc(N2CCNCC2C)nc1Nc1ccccc1OC. The van der Waals surface area contributed by atoms with Crippen LogP contribution in [-0.4, -0.2) is 55.7 Å². The highest BCUT2D eigenvalue weighted by molar-refractivity contribution is 5.99. The van der Waals surface area contributed by atoms with E-state index in [1.165, 1.54) is 0 Å². The Kier molecular flexibility index (Phi) is 5.52. The Bertz CT molecular complexity index is 782. The van der Waals surface area contributed by atoms with Crippen molar-refractivity contribution in [2.75, 3.05) is 44.0 Å². The average molecular weight is 356 g/mol. The number of methoxy groups -OCH3 is 1. The van der Waals surface area contributed by atoms with Crippen LogP contribution in [0.4, 0.5) is 17.5 Å². The van der Waals surface area contributed by atoms with Crippen LogP contribution in [-0.2, 0) is 0 Å². The molecule has 0 aliphatic carbocycles. The van der Waals surface area contributed by atoms with E-state index in [0.717, 1.165) is 25.3 Å². The van der Waals surface area contributed by atoms with E-state index in [2.05, 4.69) is 37.7 Å². The molecule has 8 heteroatoms. The molecule has 1 saturated heterocycles. The maximum atomic E-state index is 12.2. The minimum atomic E-state index is -0.248. The molecule has 1 aliphatic rings. The normalized spacial score (nSPS) is 16.9. The third-order valence-electron chi connectivity index (χ3n) is 4.37. The zero-order valence-corrected chi connectivity index (χ0v) is 15.2. The second-order valence-electron chi connectivity index (χ2n) is 6.08. The average Bonchev–Trinajstić information content (AvgIpc) is 2.68. The number of rotatable bonds is 5. The number of carbonyl (C=O) groups is 1. The summed E-state index contributed by atoms with van der Waals surface area (Å²) >= 11 is 0. The molecule has 1 amide bonds. The summed E-state index contributed by atoms with van der Waals surface area (Å²) in [6, 6.07) is 7.78. The molecule has 0 bridgehead atoms. The van der Waals surface area contributed by atoms with Crippen LogP contribution in [0.25, 0.3) is 0 Å². The smallest absolute Gasteiger partial charge is 0.256 e. The monoisotopic (exact) mass is 356 g/mol. The number of hydrogen-bond acceptors (Lipinski definition) is 7. The molecule has 2 aromatic rings. The first-order valence-corrected chi connectivity index (χ1v) is 8.60. The Morgan fingerprint density at radius 2 is 2.19 bits per heavy atom. The van der Waals surface area contributed by atoms with Gasteiger partial charge in [0.2, 0.25) is 5.95 Å². The van der Waals surface area contributed by atoms with Crippen molar-refractivity contribution in [3.8, 4) is 5.75 Å². The number of nitrogens with zero attached hydrogens (tertiary/aromatic N) is 3. The molecule has 1 fully saturated rings. The number of benzene rings is 1. The summed E-state index contributed by atoms with van der Waals surface area (Å²) in [5.74, 6) is 1.47. The van der Waals surface area contributed by atoms with Gasteiger partial charge < -0.3 is 25.6 Å². The molecule has 0 radical (unpaired) electrons. The number of nitrogens with one attached hydrogen (secondary N) is 3. The third-order valence-corrected chi connectivity index (χ3v) is 4.37. The Morgan fingerprint density at radius 3 is 2.92 bits per heavy atom. The highest BCUT2D eigenvalue weighted by Crippen LogP contribution is 2.28. The summed E-state index contributed by atoms with van der Waals surface area (Å²) in [4.78, 5) is 23.4. The summed E-state index contributed by atoms with van der Waals surface area (Å²) in [5, 5.41) is 9.20. The van der Waals surface area contributed by atoms with Crippen LogP contribution < -0.4 is 25.6 Å². The molecule has 1 aromatic heterocycles. The molecule has 138 valence electrons. The van der Waals surface area contributed by atoms with Gasteiger partial charge in [-0.3, -0.25) is 4.79 Å². The Balaban J connectivity index is 1.99. The number of anilines is 3. The summed E-state index contributed by atoms with van der Waals surface area (Å²) < 4.78 is 5.38. The number of aromatic nitrogens is 2. The topological polar surface area (TPSA) is 91.4 Å². The number of carbonyl (C=O) groups excluding carboxylic acids is 1. The predicted octanol–water partition coefficient (Wildman–Crippen LogP) is 1.39. The minimum Gasteiger partial charge on any atom is -0.495 e. The lowest BCUT2D eigenvalue weighted by Gasteiger charge is -2.34. The fourth-order valence-electron chi connectivity index (χ4n) is 2.92. The zero-order valence-electron chi connectivity index (χ0n) is 15.2. The number of piperazine rings is 1. The largest absolute Gasteiger partial charge is 0.495 e.